The topological polar surface area (TPSA) is 554 Å². The Morgan fingerprint density at radius 1 is 0.361 bits per heavy atom. The van der Waals surface area contributed by atoms with E-state index in [2.05, 4.69) is 102 Å². The van der Waals surface area contributed by atoms with Gasteiger partial charge < -0.3 is 101 Å². The number of aryl methyl sites for hydroxylation is 4. The molecule has 0 saturated heterocycles. The van der Waals surface area contributed by atoms with Crippen LogP contribution in [0.15, 0.2) is 93.4 Å². The molecule has 8 aliphatic rings. The molecule has 776 valence electrons. The van der Waals surface area contributed by atoms with Gasteiger partial charge in [0.25, 0.3) is 0 Å². The standard InChI is InChI=1S/4C24H31FN6O4S/c4*1-3-8-36-24-27-22(26-16-10-14(16)13-5-4-12(2)15(25)9-13)19-23(28-24)31(30-29-19)17-11-18(35-7-6-32)21(34)20(17)33/h4*4-5,9,14,16-18,20-21,32-34H,3,6-8,10-11H2,1-2H3,(H,26,27,28)/t4*14-,16+,17+,18-,20-,21+/m0000/s1/i7D2,8D2,10D2,14D;6D2,8D2,10D2,14D;6D2,7D2,10D2,14D;8D2,10D2,14D. The second-order valence-corrected chi connectivity index (χ2v) is 38.0. The van der Waals surface area contributed by atoms with Gasteiger partial charge >= 0.3 is 0 Å². The van der Waals surface area contributed by atoms with Crippen LogP contribution in [0.4, 0.5) is 40.8 Å². The second-order valence-electron chi connectivity index (χ2n) is 34.4. The Morgan fingerprint density at radius 3 is 0.896 bits per heavy atom. The molecule has 8 heterocycles. The first-order valence-electron chi connectivity index (χ1n) is 59.1. The summed E-state index contributed by atoms with van der Waals surface area (Å²) in [6.07, 6.45) is -24.1. The third-order valence-electron chi connectivity index (χ3n) is 24.6. The fourth-order valence-electron chi connectivity index (χ4n) is 16.8. The monoisotopic (exact) mass is 2100 g/mol. The smallest absolute Gasteiger partial charge is 0.191 e. The summed E-state index contributed by atoms with van der Waals surface area (Å²) in [5.74, 6) is -9.23. The summed E-state index contributed by atoms with van der Waals surface area (Å²) in [4.78, 5) is 35.4. The summed E-state index contributed by atoms with van der Waals surface area (Å²) in [6, 6.07) is 7.78. The zero-order valence-corrected chi connectivity index (χ0v) is 81.5. The molecule has 0 amide bonds. The summed E-state index contributed by atoms with van der Waals surface area (Å²) in [5, 5.41) is 167. The van der Waals surface area contributed by atoms with Gasteiger partial charge in [0.2, 0.25) is 0 Å². The average Bonchev–Trinajstić information content (AvgIpc) is 1.52. The molecular weight excluding hydrogens is 1950 g/mol. The van der Waals surface area contributed by atoms with Crippen LogP contribution in [0, 0.1) is 51.0 Å². The highest BCUT2D eigenvalue weighted by Gasteiger charge is 2.51. The van der Waals surface area contributed by atoms with Crippen LogP contribution in [-0.2, 0) is 18.9 Å². The van der Waals surface area contributed by atoms with Crippen LogP contribution in [0.5, 0.6) is 0 Å². The molecule has 8 aromatic heterocycles. The van der Waals surface area contributed by atoms with Crippen molar-refractivity contribution in [2.24, 2.45) is 0 Å². The molecule has 4 aromatic carbocycles. The molecule has 40 nitrogen and oxygen atoms in total. The van der Waals surface area contributed by atoms with Gasteiger partial charge in [-0.25, -0.2) is 76.2 Å². The van der Waals surface area contributed by atoms with Crippen molar-refractivity contribution >= 4 is 115 Å². The summed E-state index contributed by atoms with van der Waals surface area (Å²) in [6.45, 7) is -0.631. The number of nitrogens with one attached hydrogen (secondary N) is 4. The van der Waals surface area contributed by atoms with E-state index < -0.39 is 250 Å². The highest BCUT2D eigenvalue weighted by Crippen LogP contribution is 2.50. The molecule has 0 aliphatic heterocycles. The lowest BCUT2D eigenvalue weighted by atomic mass is 10.1. The first-order valence-corrected chi connectivity index (χ1v) is 49.5. The van der Waals surface area contributed by atoms with Gasteiger partial charge in [-0.1, -0.05) is 144 Å². The maximum Gasteiger partial charge on any atom is 0.191 e. The quantitative estimate of drug-likeness (QED) is 0.00969. The van der Waals surface area contributed by atoms with Gasteiger partial charge in [0.1, 0.15) is 72.1 Å². The molecular formula is C96H124F4N24O16S4. The fourth-order valence-corrected chi connectivity index (χ4v) is 19.1. The van der Waals surface area contributed by atoms with Crippen LogP contribution in [0.25, 0.3) is 44.7 Å². The first-order chi connectivity index (χ1) is 79.0. The number of anilines is 4. The number of ether oxygens (including phenoxy) is 4. The largest absolute Gasteiger partial charge is 0.394 e. The number of aliphatic hydroxyl groups excluding tert-OH is 10. The SMILES string of the molecule is [2H]C([2H])(CC)Sc1nc(N[C@@H]2C([2H])([2H])[C@@]2([2H])c2ccc(C)c(F)c2)c2nnn([C@@H]3C[C@H](OCCO)[C@@H](O)[C@H]3O)c2n1.[2H]C([2H])(CO)O[C@H]1C[C@@H](n2nnc3c(N[C@@H]4C([2H])([2H])[C@@]4([2H])c4ccc(C)c(F)c4)nc(SC([2H])([2H])CC)nc32)[C@H](O)[C@@H]1O.[2H]C([2H])(O)C([2H])([2H])O[C@H]1C[C@@H](n2nnc3c(N[C@@H]4C([2H])([2H])[C@@]4([2H])c4ccc(C)c(F)c4)nc(SCCC)nc32)[C@H](O)[C@@H]1O.[2H]C([2H])(O)CO[C@H]1C[C@@H](n2nnc3c(N[C@@H]4C([2H])([2H])[C@@]4([2H])c4ccc(C)c(F)c4)nc(SC([2H])([2H])CC)nc32)[C@H](O)[C@@H]1O. The summed E-state index contributed by atoms with van der Waals surface area (Å²) in [5.41, 5.74) is -3.05. The number of fused-ring (bicyclic) bond motifs is 4. The molecule has 144 heavy (non-hydrogen) atoms. The van der Waals surface area contributed by atoms with Crippen LogP contribution in [0.3, 0.4) is 0 Å². The zero-order chi connectivity index (χ0) is 125. The maximum absolute atomic E-state index is 14.4. The van der Waals surface area contributed by atoms with Crippen molar-refractivity contribution in [2.75, 3.05) is 96.8 Å². The summed E-state index contributed by atoms with van der Waals surface area (Å²) < 4.78 is 296. The molecule has 8 fully saturated rings. The van der Waals surface area contributed by atoms with E-state index in [4.69, 9.17) is 59.7 Å². The lowest BCUT2D eigenvalue weighted by Gasteiger charge is -2.17. The van der Waals surface area contributed by atoms with Gasteiger partial charge in [-0.3, -0.25) is 0 Å². The summed E-state index contributed by atoms with van der Waals surface area (Å²) >= 11 is 3.41. The van der Waals surface area contributed by atoms with Crippen LogP contribution in [0.2, 0.25) is 0 Å². The minimum absolute atomic E-state index is 0.00158. The Bertz CT molecular complexity index is 7820. The Balaban J connectivity index is 0.000000151. The molecule has 0 radical (unpaired) electrons. The van der Waals surface area contributed by atoms with Crippen molar-refractivity contribution in [3.05, 3.63) is 141 Å². The highest BCUT2D eigenvalue weighted by atomic mass is 32.2. The lowest BCUT2D eigenvalue weighted by Crippen LogP contribution is -2.33. The minimum atomic E-state index is -3.39. The molecule has 24 atom stereocenters. The molecule has 20 rings (SSSR count). The number of nitrogens with zero attached hydrogens (tertiary/aromatic N) is 20. The van der Waals surface area contributed by atoms with Gasteiger partial charge in [-0.05, 0) is 148 Å². The molecule has 0 spiro atoms. The number of benzene rings is 4. The van der Waals surface area contributed by atoms with E-state index in [0.29, 0.717) is 51.5 Å². The second kappa shape index (κ2) is 47.3. The third kappa shape index (κ3) is 23.8. The number of thioether (sulfide) groups is 4. The maximum atomic E-state index is 14.4. The molecule has 0 bridgehead atoms. The van der Waals surface area contributed by atoms with Crippen molar-refractivity contribution in [1.82, 2.24) is 99.8 Å². The molecule has 0 unspecified atom stereocenters. The lowest BCUT2D eigenvalue weighted by molar-refractivity contribution is -0.0629. The molecule has 8 saturated carbocycles. The van der Waals surface area contributed by atoms with E-state index in [1.54, 1.807) is 48.5 Å². The van der Waals surface area contributed by atoms with Crippen LogP contribution < -0.4 is 21.3 Å². The Hall–Kier alpha value is -9.52. The van der Waals surface area contributed by atoms with Crippen molar-refractivity contribution < 1.29 is 133 Å². The Kier molecular flexibility index (Phi) is 25.3. The fraction of sp³-hybridized carbons (Fsp3) is 0.583. The average molecular weight is 2100 g/mol. The zero-order valence-electron chi connectivity index (χ0n) is 104. The number of hydrogen-bond acceptors (Lipinski definition) is 40. The number of hydrogen-bond donors (Lipinski definition) is 16. The molecule has 8 aliphatic carbocycles. The normalized spacial score (nSPS) is 34.4. The van der Waals surface area contributed by atoms with Crippen molar-refractivity contribution in [2.45, 2.75) is 298 Å². The number of aromatic nitrogens is 20. The van der Waals surface area contributed by atoms with Crippen LogP contribution in [-0.4, -0.2) is 334 Å². The molecule has 16 N–H and O–H groups in total. The van der Waals surface area contributed by atoms with E-state index in [-0.39, 0.29) is 169 Å². The van der Waals surface area contributed by atoms with E-state index in [9.17, 15) is 73.7 Å². The van der Waals surface area contributed by atoms with E-state index in [0.717, 1.165) is 42.4 Å². The number of rotatable bonds is 40. The predicted octanol–water partition coefficient (Wildman–Crippen LogP) is 8.73. The Labute approximate surface area is 880 Å². The van der Waals surface area contributed by atoms with Gasteiger partial charge in [0.05, 0.1) is 112 Å². The van der Waals surface area contributed by atoms with Crippen molar-refractivity contribution in [3.63, 3.8) is 0 Å². The highest BCUT2D eigenvalue weighted by molar-refractivity contribution is 7.99. The minimum Gasteiger partial charge on any atom is -0.394 e. The van der Waals surface area contributed by atoms with E-state index >= 15 is 0 Å². The van der Waals surface area contributed by atoms with Crippen LogP contribution in [0.1, 0.15) is 232 Å². The summed E-state index contributed by atoms with van der Waals surface area (Å²) in [7, 11) is 0. The van der Waals surface area contributed by atoms with E-state index in [1.807, 2.05) is 6.92 Å². The Morgan fingerprint density at radius 2 is 0.639 bits per heavy atom. The predicted molar refractivity (Wildman–Crippen MR) is 530 cm³/mol. The van der Waals surface area contributed by atoms with Crippen molar-refractivity contribution in [1.29, 1.82) is 0 Å². The number of halogens is 4. The van der Waals surface area contributed by atoms with Gasteiger partial charge in [0.15, 0.2) is 88.6 Å². The third-order valence-corrected chi connectivity index (χ3v) is 28.1. The first kappa shape index (κ1) is 76.9. The van der Waals surface area contributed by atoms with E-state index in [1.165, 1.54) is 79.0 Å². The number of aliphatic hydroxyl groups is 12. The molecule has 12 aromatic rings. The van der Waals surface area contributed by atoms with Gasteiger partial charge in [-0.2, -0.15) is 0 Å². The van der Waals surface area contributed by atoms with Gasteiger partial charge in [0, 0.05) is 121 Å². The van der Waals surface area contributed by atoms with Gasteiger partial charge in [-0.15, -0.1) is 20.4 Å². The van der Waals surface area contributed by atoms with Crippen LogP contribution >= 0.6 is 47.0 Å². The van der Waals surface area contributed by atoms with Crippen molar-refractivity contribution in [3.8, 4) is 0 Å². The molecule has 48 heteroatoms.